The zero-order valence-corrected chi connectivity index (χ0v) is 11.8. The topological polar surface area (TPSA) is 98.7 Å². The lowest BCUT2D eigenvalue weighted by atomic mass is 10.1. The average molecular weight is 283 g/mol. The Labute approximate surface area is 118 Å². The minimum Gasteiger partial charge on any atom is -0.396 e. The molecular weight excluding hydrogens is 262 g/mol. The molecule has 0 bridgehead atoms. The number of amides is 3. The van der Waals surface area contributed by atoms with Crippen molar-refractivity contribution >= 4 is 17.7 Å². The van der Waals surface area contributed by atoms with E-state index in [0.29, 0.717) is 19.4 Å². The van der Waals surface area contributed by atoms with Crippen molar-refractivity contribution in [2.45, 2.75) is 25.9 Å². The molecule has 0 aromatic rings. The van der Waals surface area contributed by atoms with E-state index in [1.54, 1.807) is 14.0 Å². The molecule has 2 atom stereocenters. The van der Waals surface area contributed by atoms with Crippen molar-refractivity contribution in [3.05, 3.63) is 12.2 Å². The summed E-state index contributed by atoms with van der Waals surface area (Å²) in [5.41, 5.74) is 0. The number of hydrogen-bond donors (Lipinski definition) is 3. The molecule has 0 aromatic carbocycles. The standard InChI is InChI=1S/C13H21N3O4/c1-9(8-17)13(20)15-7-3-4-10(14-2)16-11(18)5-6-12(16)19/h5-6,9-10,14,17H,3-4,7-8H2,1-2H3,(H,15,20). The van der Waals surface area contributed by atoms with Gasteiger partial charge in [-0.15, -0.1) is 0 Å². The molecule has 0 fully saturated rings. The van der Waals surface area contributed by atoms with Crippen LogP contribution in [0.15, 0.2) is 12.2 Å². The van der Waals surface area contributed by atoms with Crippen LogP contribution in [0.5, 0.6) is 0 Å². The van der Waals surface area contributed by atoms with Crippen LogP contribution < -0.4 is 10.6 Å². The number of aliphatic hydroxyl groups is 1. The molecule has 7 heteroatoms. The monoisotopic (exact) mass is 283 g/mol. The molecule has 20 heavy (non-hydrogen) atoms. The van der Waals surface area contributed by atoms with Crippen LogP contribution in [-0.2, 0) is 14.4 Å². The number of nitrogens with zero attached hydrogens (tertiary/aromatic N) is 1. The van der Waals surface area contributed by atoms with E-state index in [1.807, 2.05) is 0 Å². The highest BCUT2D eigenvalue weighted by atomic mass is 16.3. The first-order chi connectivity index (χ1) is 9.51. The van der Waals surface area contributed by atoms with Gasteiger partial charge in [0.25, 0.3) is 11.8 Å². The Morgan fingerprint density at radius 3 is 2.45 bits per heavy atom. The highest BCUT2D eigenvalue weighted by Gasteiger charge is 2.29. The second-order valence-corrected chi connectivity index (χ2v) is 4.70. The SMILES string of the molecule is CNC(CCCNC(=O)C(C)CO)N1C(=O)C=CC1=O. The lowest BCUT2D eigenvalue weighted by Gasteiger charge is -2.25. The molecule has 112 valence electrons. The molecule has 3 N–H and O–H groups in total. The van der Waals surface area contributed by atoms with Gasteiger partial charge in [-0.3, -0.25) is 24.6 Å². The molecule has 3 amide bonds. The first kappa shape index (κ1) is 16.3. The Morgan fingerprint density at radius 2 is 1.95 bits per heavy atom. The maximum atomic E-state index is 11.5. The molecular formula is C13H21N3O4. The molecule has 2 unspecified atom stereocenters. The van der Waals surface area contributed by atoms with E-state index in [0.717, 1.165) is 4.90 Å². The van der Waals surface area contributed by atoms with E-state index in [-0.39, 0.29) is 30.5 Å². The number of rotatable bonds is 8. The van der Waals surface area contributed by atoms with Gasteiger partial charge in [0.05, 0.1) is 18.7 Å². The van der Waals surface area contributed by atoms with E-state index in [9.17, 15) is 14.4 Å². The Morgan fingerprint density at radius 1 is 1.35 bits per heavy atom. The molecule has 0 aromatic heterocycles. The minimum atomic E-state index is -0.430. The summed E-state index contributed by atoms with van der Waals surface area (Å²) in [7, 11) is 1.68. The van der Waals surface area contributed by atoms with Crippen LogP contribution in [0.2, 0.25) is 0 Å². The molecule has 0 saturated heterocycles. The zero-order valence-electron chi connectivity index (χ0n) is 11.8. The normalized spacial score (nSPS) is 17.4. The summed E-state index contributed by atoms with van der Waals surface area (Å²) in [6, 6.07) is 0. The summed E-state index contributed by atoms with van der Waals surface area (Å²) in [5, 5.41) is 14.4. The minimum absolute atomic E-state index is 0.187. The van der Waals surface area contributed by atoms with Crippen molar-refractivity contribution in [1.82, 2.24) is 15.5 Å². The van der Waals surface area contributed by atoms with Gasteiger partial charge in [-0.25, -0.2) is 0 Å². The molecule has 7 nitrogen and oxygen atoms in total. The average Bonchev–Trinajstić information content (AvgIpc) is 2.77. The number of carbonyl (C=O) groups excluding carboxylic acids is 3. The third-order valence-electron chi connectivity index (χ3n) is 3.16. The predicted octanol–water partition coefficient (Wildman–Crippen LogP) is -1.02. The van der Waals surface area contributed by atoms with Gasteiger partial charge >= 0.3 is 0 Å². The molecule has 1 aliphatic heterocycles. The maximum absolute atomic E-state index is 11.5. The van der Waals surface area contributed by atoms with Gasteiger partial charge in [0.2, 0.25) is 5.91 Å². The van der Waals surface area contributed by atoms with Crippen LogP contribution in [0, 0.1) is 5.92 Å². The highest BCUT2D eigenvalue weighted by molar-refractivity contribution is 6.13. The summed E-state index contributed by atoms with van der Waals surface area (Å²) >= 11 is 0. The number of hydrogen-bond acceptors (Lipinski definition) is 5. The fourth-order valence-electron chi connectivity index (χ4n) is 1.89. The quantitative estimate of drug-likeness (QED) is 0.391. The van der Waals surface area contributed by atoms with E-state index < -0.39 is 5.92 Å². The zero-order chi connectivity index (χ0) is 15.1. The smallest absolute Gasteiger partial charge is 0.254 e. The fourth-order valence-corrected chi connectivity index (χ4v) is 1.89. The number of carbonyl (C=O) groups is 3. The molecule has 1 heterocycles. The number of imide groups is 1. The summed E-state index contributed by atoms with van der Waals surface area (Å²) in [6.45, 7) is 1.89. The molecule has 0 saturated carbocycles. The molecule has 0 radical (unpaired) electrons. The Hall–Kier alpha value is -1.73. The third kappa shape index (κ3) is 4.14. The van der Waals surface area contributed by atoms with Gasteiger partial charge in [-0.05, 0) is 19.9 Å². The van der Waals surface area contributed by atoms with Crippen LogP contribution >= 0.6 is 0 Å². The largest absolute Gasteiger partial charge is 0.396 e. The van der Waals surface area contributed by atoms with E-state index in [4.69, 9.17) is 5.11 Å². The van der Waals surface area contributed by atoms with Crippen molar-refractivity contribution in [2.24, 2.45) is 5.92 Å². The third-order valence-corrected chi connectivity index (χ3v) is 3.16. The van der Waals surface area contributed by atoms with Gasteiger partial charge < -0.3 is 10.4 Å². The lowest BCUT2D eigenvalue weighted by Crippen LogP contribution is -2.47. The Bertz CT molecular complexity index is 390. The summed E-state index contributed by atoms with van der Waals surface area (Å²) < 4.78 is 0. The van der Waals surface area contributed by atoms with Crippen molar-refractivity contribution in [1.29, 1.82) is 0 Å². The van der Waals surface area contributed by atoms with Crippen LogP contribution in [0.3, 0.4) is 0 Å². The van der Waals surface area contributed by atoms with Gasteiger partial charge in [0, 0.05) is 18.7 Å². The van der Waals surface area contributed by atoms with Crippen LogP contribution in [0.25, 0.3) is 0 Å². The molecule has 1 aliphatic rings. The number of aliphatic hydroxyl groups excluding tert-OH is 1. The molecule has 0 spiro atoms. The van der Waals surface area contributed by atoms with Gasteiger partial charge in [-0.1, -0.05) is 6.92 Å². The Balaban J connectivity index is 2.34. The van der Waals surface area contributed by atoms with E-state index >= 15 is 0 Å². The van der Waals surface area contributed by atoms with E-state index in [2.05, 4.69) is 10.6 Å². The number of nitrogens with one attached hydrogen (secondary N) is 2. The predicted molar refractivity (Wildman–Crippen MR) is 72.3 cm³/mol. The van der Waals surface area contributed by atoms with Gasteiger partial charge in [-0.2, -0.15) is 0 Å². The molecule has 0 aliphatic carbocycles. The fraction of sp³-hybridized carbons (Fsp3) is 0.615. The first-order valence-electron chi connectivity index (χ1n) is 6.62. The first-order valence-corrected chi connectivity index (χ1v) is 6.62. The van der Waals surface area contributed by atoms with Gasteiger partial charge in [0.15, 0.2) is 0 Å². The van der Waals surface area contributed by atoms with Crippen molar-refractivity contribution in [3.8, 4) is 0 Å². The summed E-state index contributed by atoms with van der Waals surface area (Å²) in [6.07, 6.45) is 3.28. The van der Waals surface area contributed by atoms with Crippen molar-refractivity contribution < 1.29 is 19.5 Å². The second kappa shape index (κ2) is 7.76. The van der Waals surface area contributed by atoms with Crippen LogP contribution in [0.4, 0.5) is 0 Å². The second-order valence-electron chi connectivity index (χ2n) is 4.70. The Kier molecular flexibility index (Phi) is 6.33. The lowest BCUT2D eigenvalue weighted by molar-refractivity contribution is -0.140. The summed E-state index contributed by atoms with van der Waals surface area (Å²) in [4.78, 5) is 35.7. The maximum Gasteiger partial charge on any atom is 0.254 e. The van der Waals surface area contributed by atoms with Gasteiger partial charge in [0.1, 0.15) is 0 Å². The molecule has 1 rings (SSSR count). The van der Waals surface area contributed by atoms with Crippen molar-refractivity contribution in [3.63, 3.8) is 0 Å². The highest BCUT2D eigenvalue weighted by Crippen LogP contribution is 2.11. The summed E-state index contributed by atoms with van der Waals surface area (Å²) in [5.74, 6) is -1.29. The van der Waals surface area contributed by atoms with Crippen LogP contribution in [-0.4, -0.2) is 54.1 Å². The van der Waals surface area contributed by atoms with Crippen molar-refractivity contribution in [2.75, 3.05) is 20.2 Å². The van der Waals surface area contributed by atoms with Crippen LogP contribution in [0.1, 0.15) is 19.8 Å². The van der Waals surface area contributed by atoms with E-state index in [1.165, 1.54) is 12.2 Å².